The molecule has 0 amide bonds. The van der Waals surface area contributed by atoms with Gasteiger partial charge in [0.1, 0.15) is 6.61 Å². The Kier molecular flexibility index (Phi) is 56.6. The Hall–Kier alpha value is -4.74. The molecule has 1 unspecified atom stereocenters. The summed E-state index contributed by atoms with van der Waals surface area (Å²) in [5.74, 6) is -0.673. The number of hydrogen-bond donors (Lipinski definition) is 1. The largest absolute Gasteiger partial charge is 0.462 e. The van der Waals surface area contributed by atoms with Crippen LogP contribution in [-0.2, 0) is 19.1 Å². The number of carbonyl (C=O) groups excluding carboxylic acids is 2. The molecule has 0 fully saturated rings. The van der Waals surface area contributed by atoms with E-state index in [1.54, 1.807) is 0 Å². The third kappa shape index (κ3) is 57.8. The van der Waals surface area contributed by atoms with E-state index in [4.69, 9.17) is 9.47 Å². The van der Waals surface area contributed by atoms with Crippen molar-refractivity contribution in [3.05, 3.63) is 170 Å². The van der Waals surface area contributed by atoms with Gasteiger partial charge in [0.15, 0.2) is 6.10 Å². The molecule has 0 spiro atoms. The minimum Gasteiger partial charge on any atom is -0.462 e. The van der Waals surface area contributed by atoms with Gasteiger partial charge in [0.2, 0.25) is 0 Å². The summed E-state index contributed by atoms with van der Waals surface area (Å²) >= 11 is 0. The molecular weight excluding hydrogens is 885 g/mol. The lowest BCUT2D eigenvalue weighted by molar-refractivity contribution is -0.161. The van der Waals surface area contributed by atoms with E-state index in [0.29, 0.717) is 12.8 Å². The lowest BCUT2D eigenvalue weighted by Crippen LogP contribution is -2.28. The maximum absolute atomic E-state index is 12.3. The number of carbonyl (C=O) groups is 2. The highest BCUT2D eigenvalue weighted by atomic mass is 16.6. The van der Waals surface area contributed by atoms with Gasteiger partial charge in [0.25, 0.3) is 0 Å². The lowest BCUT2D eigenvalue weighted by atomic mass is 10.0. The van der Waals surface area contributed by atoms with Crippen LogP contribution in [0.15, 0.2) is 170 Å². The van der Waals surface area contributed by atoms with Crippen molar-refractivity contribution in [1.82, 2.24) is 0 Å². The van der Waals surface area contributed by atoms with Crippen molar-refractivity contribution in [2.45, 2.75) is 225 Å². The van der Waals surface area contributed by atoms with E-state index < -0.39 is 6.10 Å². The predicted molar refractivity (Wildman–Crippen MR) is 315 cm³/mol. The summed E-state index contributed by atoms with van der Waals surface area (Å²) in [7, 11) is 0. The fraction of sp³-hybridized carbons (Fsp3) is 0.552. The zero-order chi connectivity index (χ0) is 52.0. The van der Waals surface area contributed by atoms with Gasteiger partial charge in [0.05, 0.1) is 6.61 Å². The molecule has 0 radical (unpaired) electrons. The molecule has 0 bridgehead atoms. The molecule has 0 aliphatic heterocycles. The third-order valence-corrected chi connectivity index (χ3v) is 11.5. The van der Waals surface area contributed by atoms with E-state index >= 15 is 0 Å². The molecule has 0 aromatic rings. The van der Waals surface area contributed by atoms with Crippen LogP contribution in [0.5, 0.6) is 0 Å². The smallest absolute Gasteiger partial charge is 0.306 e. The van der Waals surface area contributed by atoms with Crippen LogP contribution >= 0.6 is 0 Å². The molecule has 0 aliphatic rings. The fourth-order valence-corrected chi connectivity index (χ4v) is 7.29. The maximum Gasteiger partial charge on any atom is 0.306 e. The quantitative estimate of drug-likeness (QED) is 0.0373. The number of aliphatic hydroxyl groups is 1. The zero-order valence-corrected chi connectivity index (χ0v) is 45.9. The molecule has 5 nitrogen and oxygen atoms in total. The van der Waals surface area contributed by atoms with Crippen molar-refractivity contribution >= 4 is 11.9 Å². The highest BCUT2D eigenvalue weighted by molar-refractivity contribution is 5.70. The van der Waals surface area contributed by atoms with Gasteiger partial charge in [0, 0.05) is 12.8 Å². The molecule has 5 heteroatoms. The molecule has 0 rings (SSSR count). The standard InChI is InChI=1S/C67H104O5/c1-3-5-7-9-11-13-15-17-19-21-23-25-27-29-31-33-35-37-39-41-43-45-47-49-51-53-55-57-59-61-66(69)71-64-65(63-68)72-67(70)62-60-58-56-54-52-50-48-46-44-42-40-38-36-34-32-30-28-26-24-22-20-18-16-14-12-10-8-6-4-2/h5-8,11-14,17-20,23-26,29-32,36,38,42,44,48,50,54,56,65,68H,3-4,9-10,15-16,21-22,27-28,33-35,37,39-41,43,45-47,49,51-53,55,57-64H2,1-2H3/b7-5-,8-6-,13-11-,14-12-,19-17-,20-18-,25-23-,26-24-,31-29-,32-30-,38-36-,44-42-,50-48-,56-54-. The second kappa shape index (κ2) is 60.6. The van der Waals surface area contributed by atoms with Crippen molar-refractivity contribution < 1.29 is 24.2 Å². The fourth-order valence-electron chi connectivity index (χ4n) is 7.29. The minimum absolute atomic E-state index is 0.101. The second-order valence-corrected chi connectivity index (χ2v) is 18.2. The Balaban J connectivity index is 3.66. The lowest BCUT2D eigenvalue weighted by Gasteiger charge is -2.15. The Morgan fingerprint density at radius 1 is 0.319 bits per heavy atom. The molecule has 0 saturated carbocycles. The van der Waals surface area contributed by atoms with Crippen LogP contribution in [0.2, 0.25) is 0 Å². The molecular formula is C67H104O5. The number of ether oxygens (including phenoxy) is 2. The van der Waals surface area contributed by atoms with E-state index in [9.17, 15) is 14.7 Å². The Morgan fingerprint density at radius 2 is 0.569 bits per heavy atom. The first kappa shape index (κ1) is 67.3. The van der Waals surface area contributed by atoms with E-state index in [2.05, 4.69) is 184 Å². The van der Waals surface area contributed by atoms with Crippen LogP contribution in [0.4, 0.5) is 0 Å². The molecule has 0 aliphatic carbocycles. The maximum atomic E-state index is 12.3. The first-order chi connectivity index (χ1) is 35.6. The van der Waals surface area contributed by atoms with Crippen LogP contribution in [0.1, 0.15) is 219 Å². The first-order valence-corrected chi connectivity index (χ1v) is 28.7. The molecule has 0 aromatic heterocycles. The Labute approximate surface area is 443 Å². The van der Waals surface area contributed by atoms with E-state index in [1.807, 2.05) is 0 Å². The number of rotatable bonds is 50. The first-order valence-electron chi connectivity index (χ1n) is 28.7. The van der Waals surface area contributed by atoms with Crippen molar-refractivity contribution in [2.75, 3.05) is 13.2 Å². The van der Waals surface area contributed by atoms with Crippen molar-refractivity contribution in [1.29, 1.82) is 0 Å². The average molecular weight is 990 g/mol. The molecule has 72 heavy (non-hydrogen) atoms. The van der Waals surface area contributed by atoms with Crippen molar-refractivity contribution in [3.8, 4) is 0 Å². The second-order valence-electron chi connectivity index (χ2n) is 18.2. The van der Waals surface area contributed by atoms with Gasteiger partial charge >= 0.3 is 11.9 Å². The van der Waals surface area contributed by atoms with Gasteiger partial charge in [-0.05, 0) is 122 Å². The van der Waals surface area contributed by atoms with Crippen molar-refractivity contribution in [2.24, 2.45) is 0 Å². The third-order valence-electron chi connectivity index (χ3n) is 11.5. The van der Waals surface area contributed by atoms with Crippen molar-refractivity contribution in [3.63, 3.8) is 0 Å². The van der Waals surface area contributed by atoms with Gasteiger partial charge < -0.3 is 14.6 Å². The van der Waals surface area contributed by atoms with E-state index in [0.717, 1.165) is 116 Å². The minimum atomic E-state index is -0.818. The average Bonchev–Trinajstić information content (AvgIpc) is 3.38. The summed E-state index contributed by atoms with van der Waals surface area (Å²) in [5.41, 5.74) is 0. The summed E-state index contributed by atoms with van der Waals surface area (Å²) in [6.07, 6.45) is 94.7. The van der Waals surface area contributed by atoms with E-state index in [1.165, 1.54) is 70.6 Å². The molecule has 402 valence electrons. The number of hydrogen-bond acceptors (Lipinski definition) is 5. The van der Waals surface area contributed by atoms with Gasteiger partial charge in [-0.3, -0.25) is 9.59 Å². The van der Waals surface area contributed by atoms with E-state index in [-0.39, 0.29) is 31.6 Å². The van der Waals surface area contributed by atoms with Gasteiger partial charge in [-0.1, -0.05) is 255 Å². The summed E-state index contributed by atoms with van der Waals surface area (Å²) in [4.78, 5) is 24.5. The molecule has 1 atom stereocenters. The van der Waals surface area contributed by atoms with Crippen LogP contribution in [0.3, 0.4) is 0 Å². The molecule has 0 aromatic carbocycles. The normalized spacial score (nSPS) is 13.5. The van der Waals surface area contributed by atoms with Crippen LogP contribution in [0, 0.1) is 0 Å². The highest BCUT2D eigenvalue weighted by Gasteiger charge is 2.16. The topological polar surface area (TPSA) is 72.8 Å². The van der Waals surface area contributed by atoms with Gasteiger partial charge in [-0.2, -0.15) is 0 Å². The summed E-state index contributed by atoms with van der Waals surface area (Å²) in [6, 6.07) is 0. The molecule has 0 saturated heterocycles. The Morgan fingerprint density at radius 3 is 0.875 bits per heavy atom. The van der Waals surface area contributed by atoms with Crippen LogP contribution < -0.4 is 0 Å². The summed E-state index contributed by atoms with van der Waals surface area (Å²) in [6.45, 7) is 3.86. The number of allylic oxidation sites excluding steroid dienone is 28. The van der Waals surface area contributed by atoms with Crippen LogP contribution in [-0.4, -0.2) is 36.4 Å². The van der Waals surface area contributed by atoms with Gasteiger partial charge in [-0.25, -0.2) is 0 Å². The number of aliphatic hydroxyl groups excluding tert-OH is 1. The number of unbranched alkanes of at least 4 members (excludes halogenated alkanes) is 14. The van der Waals surface area contributed by atoms with Gasteiger partial charge in [-0.15, -0.1) is 0 Å². The monoisotopic (exact) mass is 989 g/mol. The predicted octanol–water partition coefficient (Wildman–Crippen LogP) is 19.7. The Bertz CT molecular complexity index is 1640. The van der Waals surface area contributed by atoms with Crippen LogP contribution in [0.25, 0.3) is 0 Å². The highest BCUT2D eigenvalue weighted by Crippen LogP contribution is 2.14. The molecule has 0 heterocycles. The SMILES string of the molecule is CC/C=C\C/C=C\C/C=C\C/C=C\C/C=C\C/C=C\C/C=C\C/C=C\C/C=C\CCCC(=O)OC(CO)COC(=O)CCCCCCCCCCCCCCC/C=C\C/C=C\C/C=C\C/C=C\C/C=C\CC. The molecule has 1 N–H and O–H groups in total. The zero-order valence-electron chi connectivity index (χ0n) is 45.9. The summed E-state index contributed by atoms with van der Waals surface area (Å²) in [5, 5.41) is 9.65. The summed E-state index contributed by atoms with van der Waals surface area (Å²) < 4.78 is 10.7. The number of esters is 2.